The zero-order valence-electron chi connectivity index (χ0n) is 4.61. The Hall–Kier alpha value is 0.450. The molecule has 0 saturated carbocycles. The Morgan fingerprint density at radius 1 is 1.70 bits per heavy atom. The first-order chi connectivity index (χ1) is 4.61. The normalized spacial score (nSPS) is 9.90. The van der Waals surface area contributed by atoms with Crippen molar-refractivity contribution in [3.8, 4) is 5.75 Å². The van der Waals surface area contributed by atoms with Gasteiger partial charge in [0.15, 0.2) is 5.75 Å². The maximum Gasteiger partial charge on any atom is 0.161 e. The van der Waals surface area contributed by atoms with E-state index in [1.807, 2.05) is 22.6 Å². The van der Waals surface area contributed by atoms with Gasteiger partial charge in [-0.05, 0) is 44.6 Å². The first-order valence-corrected chi connectivity index (χ1v) is 4.56. The van der Waals surface area contributed by atoms with E-state index in [0.29, 0.717) is 13.3 Å². The van der Waals surface area contributed by atoms with E-state index in [2.05, 4.69) is 20.9 Å². The van der Waals surface area contributed by atoms with E-state index < -0.39 is 0 Å². The number of nitrogens with zero attached hydrogens (tertiary/aromatic N) is 1. The highest BCUT2D eigenvalue weighted by Gasteiger charge is 2.04. The van der Waals surface area contributed by atoms with E-state index in [0.717, 1.165) is 0 Å². The minimum atomic E-state index is 0.130. The molecule has 0 spiro atoms. The molecule has 1 aromatic rings. The number of aromatic hydroxyl groups is 1. The topological polar surface area (TPSA) is 33.1 Å². The summed E-state index contributed by atoms with van der Waals surface area (Å²) < 4.78 is 1.06. The molecule has 0 unspecified atom stereocenters. The van der Waals surface area contributed by atoms with Crippen molar-refractivity contribution < 1.29 is 5.11 Å². The minimum absolute atomic E-state index is 0.130. The summed E-state index contributed by atoms with van der Waals surface area (Å²) >= 11 is 10.6. The van der Waals surface area contributed by atoms with Crippen LogP contribution in [0.4, 0.5) is 0 Å². The van der Waals surface area contributed by atoms with Crippen molar-refractivity contribution in [3.05, 3.63) is 19.4 Å². The standard InChI is InChI=1S/C5H2BrClINO/c6-2-1-3(7)9-5(8)4(2)10/h1,10H. The summed E-state index contributed by atoms with van der Waals surface area (Å²) in [7, 11) is 0. The van der Waals surface area contributed by atoms with E-state index in [-0.39, 0.29) is 5.75 Å². The fraction of sp³-hybridized carbons (Fsp3) is 0. The fourth-order valence-electron chi connectivity index (χ4n) is 0.450. The molecular formula is C5H2BrClINO. The van der Waals surface area contributed by atoms with E-state index >= 15 is 0 Å². The Morgan fingerprint density at radius 3 is 2.80 bits per heavy atom. The largest absolute Gasteiger partial charge is 0.504 e. The Morgan fingerprint density at radius 2 is 2.30 bits per heavy atom. The third-order valence-electron chi connectivity index (χ3n) is 0.872. The van der Waals surface area contributed by atoms with Crippen LogP contribution in [-0.4, -0.2) is 10.1 Å². The third kappa shape index (κ3) is 1.73. The molecule has 2 nitrogen and oxygen atoms in total. The van der Waals surface area contributed by atoms with E-state index in [1.54, 1.807) is 6.07 Å². The quantitative estimate of drug-likeness (QED) is 0.585. The Kier molecular flexibility index (Phi) is 2.76. The molecule has 0 aliphatic rings. The SMILES string of the molecule is Oc1c(Br)cc(Cl)nc1I. The predicted molar refractivity (Wildman–Crippen MR) is 51.3 cm³/mol. The van der Waals surface area contributed by atoms with Crippen molar-refractivity contribution in [1.82, 2.24) is 4.98 Å². The van der Waals surface area contributed by atoms with Crippen LogP contribution >= 0.6 is 50.1 Å². The summed E-state index contributed by atoms with van der Waals surface area (Å²) in [5, 5.41) is 9.52. The van der Waals surface area contributed by atoms with Crippen LogP contribution in [0.15, 0.2) is 10.5 Å². The summed E-state index contributed by atoms with van der Waals surface area (Å²) in [6.07, 6.45) is 0. The van der Waals surface area contributed by atoms with Crippen molar-refractivity contribution in [1.29, 1.82) is 0 Å². The zero-order valence-corrected chi connectivity index (χ0v) is 9.11. The molecule has 0 amide bonds. The Labute approximate surface area is 84.9 Å². The molecule has 0 bridgehead atoms. The van der Waals surface area contributed by atoms with Crippen molar-refractivity contribution >= 4 is 50.1 Å². The van der Waals surface area contributed by atoms with Gasteiger partial charge in [-0.2, -0.15) is 0 Å². The van der Waals surface area contributed by atoms with Gasteiger partial charge in [0, 0.05) is 0 Å². The molecule has 5 heteroatoms. The van der Waals surface area contributed by atoms with Crippen molar-refractivity contribution in [2.75, 3.05) is 0 Å². The van der Waals surface area contributed by atoms with Gasteiger partial charge in [0.25, 0.3) is 0 Å². The molecule has 1 heterocycles. The van der Waals surface area contributed by atoms with Crippen LogP contribution in [0.3, 0.4) is 0 Å². The second-order valence-corrected chi connectivity index (χ2v) is 3.83. The van der Waals surface area contributed by atoms with Crippen LogP contribution in [0.1, 0.15) is 0 Å². The van der Waals surface area contributed by atoms with E-state index in [1.165, 1.54) is 0 Å². The molecule has 0 atom stereocenters. The Bertz CT molecular complexity index is 245. The van der Waals surface area contributed by atoms with Crippen LogP contribution in [0.25, 0.3) is 0 Å². The van der Waals surface area contributed by atoms with Gasteiger partial charge in [0.2, 0.25) is 0 Å². The number of aromatic nitrogens is 1. The highest BCUT2D eigenvalue weighted by molar-refractivity contribution is 14.1. The molecular weight excluding hydrogens is 332 g/mol. The average molecular weight is 334 g/mol. The minimum Gasteiger partial charge on any atom is -0.504 e. The van der Waals surface area contributed by atoms with Gasteiger partial charge >= 0.3 is 0 Å². The lowest BCUT2D eigenvalue weighted by atomic mass is 10.5. The van der Waals surface area contributed by atoms with Crippen molar-refractivity contribution in [2.24, 2.45) is 0 Å². The lowest BCUT2D eigenvalue weighted by molar-refractivity contribution is 0.464. The fourth-order valence-corrected chi connectivity index (χ4v) is 2.24. The van der Waals surface area contributed by atoms with Gasteiger partial charge in [-0.25, -0.2) is 4.98 Å². The molecule has 54 valence electrons. The highest BCUT2D eigenvalue weighted by atomic mass is 127. The Balaban J connectivity index is 3.31. The van der Waals surface area contributed by atoms with Gasteiger partial charge in [-0.15, -0.1) is 0 Å². The molecule has 0 fully saturated rings. The van der Waals surface area contributed by atoms with Gasteiger partial charge in [0.05, 0.1) is 4.47 Å². The molecule has 1 N–H and O–H groups in total. The van der Waals surface area contributed by atoms with Gasteiger partial charge < -0.3 is 5.11 Å². The van der Waals surface area contributed by atoms with Crippen molar-refractivity contribution in [2.45, 2.75) is 0 Å². The smallest absolute Gasteiger partial charge is 0.161 e. The maximum absolute atomic E-state index is 9.16. The lowest BCUT2D eigenvalue weighted by Gasteiger charge is -1.98. The third-order valence-corrected chi connectivity index (χ3v) is 2.42. The van der Waals surface area contributed by atoms with Crippen LogP contribution in [-0.2, 0) is 0 Å². The second-order valence-electron chi connectivity index (χ2n) is 1.57. The number of rotatable bonds is 0. The first-order valence-electron chi connectivity index (χ1n) is 2.32. The summed E-state index contributed by atoms with van der Waals surface area (Å²) in [4.78, 5) is 3.81. The zero-order chi connectivity index (χ0) is 7.72. The summed E-state index contributed by atoms with van der Waals surface area (Å²) in [5.74, 6) is 0.130. The van der Waals surface area contributed by atoms with Crippen LogP contribution in [0.2, 0.25) is 5.15 Å². The molecule has 0 aromatic carbocycles. The molecule has 1 rings (SSSR count). The first kappa shape index (κ1) is 8.55. The number of hydrogen-bond acceptors (Lipinski definition) is 2. The summed E-state index contributed by atoms with van der Waals surface area (Å²) in [5.41, 5.74) is 0. The van der Waals surface area contributed by atoms with Crippen LogP contribution in [0.5, 0.6) is 5.75 Å². The highest BCUT2D eigenvalue weighted by Crippen LogP contribution is 2.29. The van der Waals surface area contributed by atoms with Crippen LogP contribution in [0, 0.1) is 3.70 Å². The van der Waals surface area contributed by atoms with Gasteiger partial charge in [-0.1, -0.05) is 11.6 Å². The number of halogens is 3. The maximum atomic E-state index is 9.16. The molecule has 10 heavy (non-hydrogen) atoms. The van der Waals surface area contributed by atoms with Crippen molar-refractivity contribution in [3.63, 3.8) is 0 Å². The molecule has 0 aliphatic carbocycles. The van der Waals surface area contributed by atoms with E-state index in [9.17, 15) is 0 Å². The second kappa shape index (κ2) is 3.23. The molecule has 0 aliphatic heterocycles. The summed E-state index contributed by atoms with van der Waals surface area (Å²) in [6.45, 7) is 0. The summed E-state index contributed by atoms with van der Waals surface area (Å²) in [6, 6.07) is 1.54. The predicted octanol–water partition coefficient (Wildman–Crippen LogP) is 2.81. The van der Waals surface area contributed by atoms with Gasteiger partial charge in [0.1, 0.15) is 8.85 Å². The number of hydrogen-bond donors (Lipinski definition) is 1. The average Bonchev–Trinajstić information content (AvgIpc) is 1.82. The van der Waals surface area contributed by atoms with E-state index in [4.69, 9.17) is 16.7 Å². The molecule has 1 aromatic heterocycles. The van der Waals surface area contributed by atoms with Gasteiger partial charge in [-0.3, -0.25) is 0 Å². The number of pyridine rings is 1. The monoisotopic (exact) mass is 333 g/mol. The molecule has 0 radical (unpaired) electrons. The van der Waals surface area contributed by atoms with Crippen LogP contribution < -0.4 is 0 Å². The molecule has 0 saturated heterocycles. The lowest BCUT2D eigenvalue weighted by Crippen LogP contribution is -1.82.